The molecule has 2 aliphatic rings. The molecule has 2 aromatic carbocycles. The van der Waals surface area contributed by atoms with Crippen LogP contribution >= 0.6 is 21.6 Å². The van der Waals surface area contributed by atoms with Gasteiger partial charge >= 0.3 is 0 Å². The Labute approximate surface area is 220 Å². The molecular weight excluding hydrogens is 492 g/mol. The van der Waals surface area contributed by atoms with E-state index >= 15 is 0 Å². The third kappa shape index (κ3) is 6.21. The molecule has 0 fully saturated rings. The van der Waals surface area contributed by atoms with Crippen molar-refractivity contribution in [3.63, 3.8) is 0 Å². The van der Waals surface area contributed by atoms with Crippen molar-refractivity contribution in [3.05, 3.63) is 70.8 Å². The predicted molar refractivity (Wildman–Crippen MR) is 145 cm³/mol. The van der Waals surface area contributed by atoms with Crippen LogP contribution in [-0.2, 0) is 0 Å². The molecule has 4 amide bonds. The Hall–Kier alpha value is -2.58. The Balaban J connectivity index is 0.956. The van der Waals surface area contributed by atoms with E-state index in [4.69, 9.17) is 0 Å². The maximum Gasteiger partial charge on any atom is 0.261 e. The van der Waals surface area contributed by atoms with E-state index in [0.29, 0.717) is 35.3 Å². The average molecular weight is 525 g/mol. The smallest absolute Gasteiger partial charge is 0.261 e. The summed E-state index contributed by atoms with van der Waals surface area (Å²) >= 11 is 0. The molecule has 0 atom stereocenters. The van der Waals surface area contributed by atoms with E-state index < -0.39 is 0 Å². The van der Waals surface area contributed by atoms with Gasteiger partial charge in [-0.2, -0.15) is 0 Å². The molecule has 0 aromatic heterocycles. The Morgan fingerprint density at radius 1 is 0.444 bits per heavy atom. The molecule has 2 heterocycles. The van der Waals surface area contributed by atoms with Gasteiger partial charge in [0.25, 0.3) is 23.6 Å². The van der Waals surface area contributed by atoms with E-state index in [-0.39, 0.29) is 23.6 Å². The summed E-state index contributed by atoms with van der Waals surface area (Å²) in [5.74, 6) is 1.57. The van der Waals surface area contributed by atoms with Crippen LogP contribution in [0.2, 0.25) is 0 Å². The highest BCUT2D eigenvalue weighted by atomic mass is 33.1. The van der Waals surface area contributed by atoms with Crippen LogP contribution in [0.1, 0.15) is 92.8 Å². The molecule has 0 saturated heterocycles. The van der Waals surface area contributed by atoms with Crippen molar-refractivity contribution in [1.29, 1.82) is 0 Å². The highest BCUT2D eigenvalue weighted by Gasteiger charge is 2.35. The van der Waals surface area contributed by atoms with Gasteiger partial charge in [0.2, 0.25) is 0 Å². The lowest BCUT2D eigenvalue weighted by Gasteiger charge is -2.13. The van der Waals surface area contributed by atoms with Crippen molar-refractivity contribution in [3.8, 4) is 0 Å². The van der Waals surface area contributed by atoms with Gasteiger partial charge in [-0.05, 0) is 49.9 Å². The lowest BCUT2D eigenvalue weighted by Crippen LogP contribution is -2.30. The van der Waals surface area contributed by atoms with Crippen LogP contribution in [0, 0.1) is 0 Å². The molecule has 4 rings (SSSR count). The summed E-state index contributed by atoms with van der Waals surface area (Å²) in [5, 5.41) is 0. The van der Waals surface area contributed by atoms with Gasteiger partial charge in [-0.3, -0.25) is 29.0 Å². The van der Waals surface area contributed by atoms with Crippen molar-refractivity contribution in [2.45, 2.75) is 51.4 Å². The number of hydrogen-bond acceptors (Lipinski definition) is 6. The predicted octanol–water partition coefficient (Wildman–Crippen LogP) is 6.08. The first kappa shape index (κ1) is 26.5. The highest BCUT2D eigenvalue weighted by molar-refractivity contribution is 8.76. The topological polar surface area (TPSA) is 74.8 Å². The molecule has 0 aliphatic carbocycles. The number of nitrogens with zero attached hydrogens (tertiary/aromatic N) is 2. The maximum absolute atomic E-state index is 12.4. The van der Waals surface area contributed by atoms with E-state index in [9.17, 15) is 19.2 Å². The third-order valence-corrected chi connectivity index (χ3v) is 9.14. The Morgan fingerprint density at radius 3 is 1.08 bits per heavy atom. The van der Waals surface area contributed by atoms with E-state index in [0.717, 1.165) is 62.9 Å². The number of rotatable bonds is 15. The van der Waals surface area contributed by atoms with Gasteiger partial charge in [0.1, 0.15) is 0 Å². The second kappa shape index (κ2) is 13.1. The minimum Gasteiger partial charge on any atom is -0.274 e. The number of imide groups is 2. The molecule has 0 spiro atoms. The molecule has 0 radical (unpaired) electrons. The first-order valence-electron chi connectivity index (χ1n) is 12.7. The molecule has 0 bridgehead atoms. The average Bonchev–Trinajstić information content (AvgIpc) is 3.29. The minimum atomic E-state index is -0.161. The van der Waals surface area contributed by atoms with Crippen LogP contribution in [0.4, 0.5) is 0 Å². The number of benzene rings is 2. The molecule has 0 saturated carbocycles. The third-order valence-electron chi connectivity index (χ3n) is 6.56. The van der Waals surface area contributed by atoms with Crippen LogP contribution < -0.4 is 0 Å². The highest BCUT2D eigenvalue weighted by Crippen LogP contribution is 2.26. The molecular formula is C28H32N2O4S2. The van der Waals surface area contributed by atoms with Crippen molar-refractivity contribution in [1.82, 2.24) is 9.80 Å². The lowest BCUT2D eigenvalue weighted by molar-refractivity contribution is 0.0636. The van der Waals surface area contributed by atoms with Gasteiger partial charge in [-0.15, -0.1) is 0 Å². The summed E-state index contributed by atoms with van der Waals surface area (Å²) in [4.78, 5) is 52.2. The standard InChI is InChI=1S/C28H32N2O4S2/c31-25-21-13-5-6-14-22(21)26(32)29(25)17-9-1-3-11-19-35-36-20-12-4-2-10-18-30-27(33)23-15-7-8-16-24(23)28(30)34/h5-8,13-16H,1-4,9-12,17-20H2. The number of unbranched alkanes of at least 4 members (excludes halogenated alkanes) is 6. The van der Waals surface area contributed by atoms with Gasteiger partial charge in [-0.25, -0.2) is 0 Å². The largest absolute Gasteiger partial charge is 0.274 e. The number of fused-ring (bicyclic) bond motifs is 2. The molecule has 2 aromatic rings. The second-order valence-corrected chi connectivity index (χ2v) is 11.8. The minimum absolute atomic E-state index is 0.161. The van der Waals surface area contributed by atoms with Crippen LogP contribution in [0.3, 0.4) is 0 Å². The Bertz CT molecular complexity index is 963. The van der Waals surface area contributed by atoms with Crippen molar-refractivity contribution in [2.75, 3.05) is 24.6 Å². The SMILES string of the molecule is O=C1c2ccccc2C(=O)N1CCCCCCSSCCCCCCN1C(=O)c2ccccc2C1=O. The van der Waals surface area contributed by atoms with Crippen LogP contribution in [0.15, 0.2) is 48.5 Å². The van der Waals surface area contributed by atoms with Gasteiger partial charge < -0.3 is 0 Å². The molecule has 2 aliphatic heterocycles. The quantitative estimate of drug-likeness (QED) is 0.160. The summed E-state index contributed by atoms with van der Waals surface area (Å²) < 4.78 is 0. The molecule has 190 valence electrons. The molecule has 8 heteroatoms. The van der Waals surface area contributed by atoms with E-state index in [1.54, 1.807) is 48.5 Å². The van der Waals surface area contributed by atoms with Crippen molar-refractivity contribution in [2.24, 2.45) is 0 Å². The summed E-state index contributed by atoms with van der Waals surface area (Å²) in [6.07, 6.45) is 8.23. The normalized spacial score (nSPS) is 14.7. The van der Waals surface area contributed by atoms with Gasteiger partial charge in [0, 0.05) is 24.6 Å². The van der Waals surface area contributed by atoms with Gasteiger partial charge in [0.15, 0.2) is 0 Å². The number of carbonyl (C=O) groups is 4. The number of amides is 4. The number of carbonyl (C=O) groups excluding carboxylic acids is 4. The summed E-state index contributed by atoms with van der Waals surface area (Å²) in [5.41, 5.74) is 2.11. The fourth-order valence-electron chi connectivity index (χ4n) is 4.57. The zero-order valence-electron chi connectivity index (χ0n) is 20.4. The van der Waals surface area contributed by atoms with Crippen LogP contribution in [-0.4, -0.2) is 58.0 Å². The van der Waals surface area contributed by atoms with Crippen LogP contribution in [0.25, 0.3) is 0 Å². The molecule has 0 N–H and O–H groups in total. The van der Waals surface area contributed by atoms with Gasteiger partial charge in [0.05, 0.1) is 22.3 Å². The lowest BCUT2D eigenvalue weighted by atomic mass is 10.1. The fraction of sp³-hybridized carbons (Fsp3) is 0.429. The van der Waals surface area contributed by atoms with Crippen LogP contribution in [0.5, 0.6) is 0 Å². The fourth-order valence-corrected chi connectivity index (χ4v) is 6.87. The number of hydrogen-bond donors (Lipinski definition) is 0. The second-order valence-electron chi connectivity index (χ2n) is 9.09. The van der Waals surface area contributed by atoms with Crippen molar-refractivity contribution < 1.29 is 19.2 Å². The van der Waals surface area contributed by atoms with E-state index in [1.807, 2.05) is 21.6 Å². The Kier molecular flexibility index (Phi) is 9.64. The molecule has 6 nitrogen and oxygen atoms in total. The Morgan fingerprint density at radius 2 is 0.750 bits per heavy atom. The maximum atomic E-state index is 12.4. The summed E-state index contributed by atoms with van der Waals surface area (Å²) in [6.45, 7) is 1.00. The first-order chi connectivity index (χ1) is 17.6. The zero-order valence-corrected chi connectivity index (χ0v) is 22.1. The summed E-state index contributed by atoms with van der Waals surface area (Å²) in [6, 6.07) is 14.1. The molecule has 0 unspecified atom stereocenters. The molecule has 36 heavy (non-hydrogen) atoms. The summed E-state index contributed by atoms with van der Waals surface area (Å²) in [7, 11) is 3.81. The van der Waals surface area contributed by atoms with Gasteiger partial charge in [-0.1, -0.05) is 71.5 Å². The first-order valence-corrected chi connectivity index (χ1v) is 15.2. The zero-order chi connectivity index (χ0) is 25.3. The van der Waals surface area contributed by atoms with E-state index in [1.165, 1.54) is 9.80 Å². The van der Waals surface area contributed by atoms with Crippen molar-refractivity contribution >= 4 is 45.2 Å². The van der Waals surface area contributed by atoms with E-state index in [2.05, 4.69) is 0 Å². The monoisotopic (exact) mass is 524 g/mol.